The lowest BCUT2D eigenvalue weighted by Gasteiger charge is -2.31. The second-order valence-electron chi connectivity index (χ2n) is 7.79. The first-order valence-electron chi connectivity index (χ1n) is 10.6. The molecule has 0 N–H and O–H groups in total. The van der Waals surface area contributed by atoms with Crippen molar-refractivity contribution in [3.63, 3.8) is 0 Å². The van der Waals surface area contributed by atoms with Gasteiger partial charge in [-0.25, -0.2) is 9.20 Å². The Morgan fingerprint density at radius 2 is 1.70 bits per heavy atom. The van der Waals surface area contributed by atoms with Crippen LogP contribution in [0.1, 0.15) is 25.8 Å². The third-order valence-corrected chi connectivity index (χ3v) is 6.02. The van der Waals surface area contributed by atoms with Crippen molar-refractivity contribution in [1.29, 1.82) is 0 Å². The summed E-state index contributed by atoms with van der Waals surface area (Å²) in [6.07, 6.45) is 3.84. The molecule has 0 atom stereocenters. The molecule has 0 saturated carbocycles. The molecule has 0 aliphatic carbocycles. The molecule has 30 heavy (non-hydrogen) atoms. The molecular weight excluding hydrogens is 374 g/mol. The summed E-state index contributed by atoms with van der Waals surface area (Å²) in [6, 6.07) is 19.8. The summed E-state index contributed by atoms with van der Waals surface area (Å²) in [7, 11) is 0. The highest BCUT2D eigenvalue weighted by atomic mass is 16.1. The summed E-state index contributed by atoms with van der Waals surface area (Å²) in [6.45, 7) is 5.25. The molecule has 1 aromatic carbocycles. The van der Waals surface area contributed by atoms with Gasteiger partial charge in [-0.05, 0) is 37.6 Å². The zero-order valence-corrected chi connectivity index (χ0v) is 17.1. The monoisotopic (exact) mass is 399 g/mol. The lowest BCUT2D eigenvalue weighted by Crippen LogP contribution is -2.38. The molecule has 0 bridgehead atoms. The summed E-state index contributed by atoms with van der Waals surface area (Å²) in [5.74, 6) is 0. The van der Waals surface area contributed by atoms with Crippen molar-refractivity contribution in [2.75, 3.05) is 19.6 Å². The predicted octanol–water partition coefficient (Wildman–Crippen LogP) is 3.88. The summed E-state index contributed by atoms with van der Waals surface area (Å²) >= 11 is 0. The quantitative estimate of drug-likeness (QED) is 0.523. The van der Waals surface area contributed by atoms with E-state index < -0.39 is 0 Å². The maximum atomic E-state index is 12.7. The molecule has 0 radical (unpaired) electrons. The van der Waals surface area contributed by atoms with E-state index in [1.807, 2.05) is 53.2 Å². The molecule has 0 spiro atoms. The number of nitrogens with zero attached hydrogens (tertiary/aromatic N) is 5. The van der Waals surface area contributed by atoms with Crippen LogP contribution in [-0.2, 0) is 0 Å². The Balaban J connectivity index is 1.64. The van der Waals surface area contributed by atoms with Gasteiger partial charge in [-0.3, -0.25) is 4.79 Å². The van der Waals surface area contributed by atoms with Crippen LogP contribution in [0.5, 0.6) is 0 Å². The summed E-state index contributed by atoms with van der Waals surface area (Å²) in [5.41, 5.74) is 4.60. The number of hydrogen-bond acceptors (Lipinski definition) is 4. The number of fused-ring (bicyclic) bond motifs is 1. The normalized spacial score (nSPS) is 15.6. The van der Waals surface area contributed by atoms with Crippen LogP contribution in [-0.4, -0.2) is 43.9 Å². The second-order valence-corrected chi connectivity index (χ2v) is 7.79. The van der Waals surface area contributed by atoms with Gasteiger partial charge in [-0.2, -0.15) is 10.2 Å². The predicted molar refractivity (Wildman–Crippen MR) is 119 cm³/mol. The standard InChI is InChI=1S/C24H25N5O/c1-2-27-16-13-19(14-17-27)29-22(30)12-11-20(25-29)23-21-10-6-7-15-28(21)26-24(23)18-8-4-3-5-9-18/h3-12,15,19H,2,13-14,16-17H2,1H3. The fourth-order valence-corrected chi connectivity index (χ4v) is 4.35. The molecule has 4 heterocycles. The maximum absolute atomic E-state index is 12.7. The maximum Gasteiger partial charge on any atom is 0.267 e. The molecule has 5 rings (SSSR count). The molecule has 6 nitrogen and oxygen atoms in total. The first-order chi connectivity index (χ1) is 14.7. The van der Waals surface area contributed by atoms with Crippen LogP contribution in [0.3, 0.4) is 0 Å². The van der Waals surface area contributed by atoms with Gasteiger partial charge in [0.15, 0.2) is 0 Å². The molecule has 0 unspecified atom stereocenters. The van der Waals surface area contributed by atoms with Crippen LogP contribution in [0.2, 0.25) is 0 Å². The van der Waals surface area contributed by atoms with Gasteiger partial charge in [0, 0.05) is 30.9 Å². The molecule has 4 aromatic rings. The fourth-order valence-electron chi connectivity index (χ4n) is 4.35. The topological polar surface area (TPSA) is 55.4 Å². The van der Waals surface area contributed by atoms with Crippen LogP contribution in [0.15, 0.2) is 71.7 Å². The lowest BCUT2D eigenvalue weighted by atomic mass is 10.0. The van der Waals surface area contributed by atoms with Crippen LogP contribution < -0.4 is 5.56 Å². The number of likely N-dealkylation sites (tertiary alicyclic amines) is 1. The first-order valence-corrected chi connectivity index (χ1v) is 10.6. The molecule has 1 aliphatic rings. The molecular formula is C24H25N5O. The van der Waals surface area contributed by atoms with Crippen molar-refractivity contribution in [2.24, 2.45) is 0 Å². The van der Waals surface area contributed by atoms with E-state index in [4.69, 9.17) is 10.2 Å². The highest BCUT2D eigenvalue weighted by molar-refractivity contribution is 5.90. The van der Waals surface area contributed by atoms with E-state index in [-0.39, 0.29) is 11.6 Å². The van der Waals surface area contributed by atoms with Crippen LogP contribution in [0.4, 0.5) is 0 Å². The highest BCUT2D eigenvalue weighted by Crippen LogP contribution is 2.34. The number of hydrogen-bond donors (Lipinski definition) is 0. The van der Waals surface area contributed by atoms with Gasteiger partial charge < -0.3 is 4.90 Å². The molecule has 0 amide bonds. The number of pyridine rings is 1. The number of benzene rings is 1. The van der Waals surface area contributed by atoms with E-state index in [1.165, 1.54) is 0 Å². The Bertz CT molecular complexity index is 1220. The van der Waals surface area contributed by atoms with E-state index >= 15 is 0 Å². The van der Waals surface area contributed by atoms with E-state index in [1.54, 1.807) is 10.7 Å². The van der Waals surface area contributed by atoms with Gasteiger partial charge in [0.05, 0.1) is 22.8 Å². The smallest absolute Gasteiger partial charge is 0.267 e. The zero-order chi connectivity index (χ0) is 20.5. The highest BCUT2D eigenvalue weighted by Gasteiger charge is 2.23. The average Bonchev–Trinajstić information content (AvgIpc) is 3.20. The van der Waals surface area contributed by atoms with Crippen LogP contribution in [0.25, 0.3) is 28.0 Å². The molecule has 1 saturated heterocycles. The van der Waals surface area contributed by atoms with Crippen molar-refractivity contribution >= 4 is 5.52 Å². The Morgan fingerprint density at radius 3 is 2.47 bits per heavy atom. The zero-order valence-electron chi connectivity index (χ0n) is 17.1. The first kappa shape index (κ1) is 18.8. The second kappa shape index (κ2) is 7.88. The number of rotatable bonds is 4. The SMILES string of the molecule is CCN1CCC(n2nc(-c3c(-c4ccccc4)nn4ccccc34)ccc2=O)CC1. The molecule has 6 heteroatoms. The minimum Gasteiger partial charge on any atom is -0.303 e. The van der Waals surface area contributed by atoms with E-state index in [0.717, 1.165) is 60.5 Å². The number of piperidine rings is 1. The van der Waals surface area contributed by atoms with E-state index in [9.17, 15) is 4.79 Å². The summed E-state index contributed by atoms with van der Waals surface area (Å²) in [5, 5.41) is 9.69. The summed E-state index contributed by atoms with van der Waals surface area (Å²) < 4.78 is 3.58. The third kappa shape index (κ3) is 3.33. The third-order valence-electron chi connectivity index (χ3n) is 6.02. The van der Waals surface area contributed by atoms with Gasteiger partial charge in [0.1, 0.15) is 5.69 Å². The van der Waals surface area contributed by atoms with Crippen molar-refractivity contribution in [3.05, 3.63) is 77.2 Å². The number of aromatic nitrogens is 4. The molecule has 152 valence electrons. The van der Waals surface area contributed by atoms with Crippen molar-refractivity contribution < 1.29 is 0 Å². The van der Waals surface area contributed by atoms with Crippen molar-refractivity contribution in [3.8, 4) is 22.5 Å². The van der Waals surface area contributed by atoms with Crippen LogP contribution >= 0.6 is 0 Å². The Labute approximate surface area is 175 Å². The fraction of sp³-hybridized carbons (Fsp3) is 0.292. The van der Waals surface area contributed by atoms with E-state index in [0.29, 0.717) is 0 Å². The minimum absolute atomic E-state index is 0.0357. The molecule has 3 aromatic heterocycles. The minimum atomic E-state index is -0.0357. The Kier molecular flexibility index (Phi) is 4.93. The van der Waals surface area contributed by atoms with Crippen molar-refractivity contribution in [2.45, 2.75) is 25.8 Å². The van der Waals surface area contributed by atoms with E-state index in [2.05, 4.69) is 24.0 Å². The Morgan fingerprint density at radius 1 is 0.933 bits per heavy atom. The largest absolute Gasteiger partial charge is 0.303 e. The van der Waals surface area contributed by atoms with Crippen LogP contribution in [0, 0.1) is 0 Å². The molecule has 1 fully saturated rings. The average molecular weight is 399 g/mol. The van der Waals surface area contributed by atoms with Gasteiger partial charge >= 0.3 is 0 Å². The van der Waals surface area contributed by atoms with Gasteiger partial charge in [0.2, 0.25) is 0 Å². The van der Waals surface area contributed by atoms with Crippen molar-refractivity contribution in [1.82, 2.24) is 24.3 Å². The Hall–Kier alpha value is -3.25. The van der Waals surface area contributed by atoms with Gasteiger partial charge in [-0.15, -0.1) is 0 Å². The summed E-state index contributed by atoms with van der Waals surface area (Å²) in [4.78, 5) is 15.1. The lowest BCUT2D eigenvalue weighted by molar-refractivity contribution is 0.184. The van der Waals surface area contributed by atoms with Gasteiger partial charge in [-0.1, -0.05) is 43.3 Å². The molecule has 1 aliphatic heterocycles. The van der Waals surface area contributed by atoms with Gasteiger partial charge in [0.25, 0.3) is 5.56 Å².